The summed E-state index contributed by atoms with van der Waals surface area (Å²) in [5.41, 5.74) is 2.34. The molecule has 2 nitrogen and oxygen atoms in total. The van der Waals surface area contributed by atoms with Crippen molar-refractivity contribution in [3.8, 4) is 0 Å². The van der Waals surface area contributed by atoms with E-state index in [2.05, 4.69) is 20.9 Å². The van der Waals surface area contributed by atoms with Gasteiger partial charge in [0.25, 0.3) is 0 Å². The zero-order valence-corrected chi connectivity index (χ0v) is 12.8. The second-order valence-electron chi connectivity index (χ2n) is 4.49. The lowest BCUT2D eigenvalue weighted by molar-refractivity contribution is 0.222. The maximum atomic E-state index is 10.7. The Morgan fingerprint density at radius 3 is 2.75 bits per heavy atom. The number of pyridine rings is 1. The van der Waals surface area contributed by atoms with Crippen LogP contribution in [-0.2, 0) is 0 Å². The van der Waals surface area contributed by atoms with Gasteiger partial charge in [-0.25, -0.2) is 0 Å². The molecule has 0 fully saturated rings. The van der Waals surface area contributed by atoms with E-state index in [4.69, 9.17) is 11.6 Å². The monoisotopic (exact) mass is 347 g/mol. The van der Waals surface area contributed by atoms with E-state index >= 15 is 0 Å². The molecule has 0 amide bonds. The van der Waals surface area contributed by atoms with Gasteiger partial charge in [0.1, 0.15) is 6.10 Å². The van der Waals surface area contributed by atoms with E-state index in [1.807, 2.05) is 42.5 Å². The topological polar surface area (TPSA) is 33.1 Å². The summed E-state index contributed by atoms with van der Waals surface area (Å²) < 4.78 is 0.884. The summed E-state index contributed by atoms with van der Waals surface area (Å²) in [6.45, 7) is 0. The summed E-state index contributed by atoms with van der Waals surface area (Å²) in [6.07, 6.45) is 0.956. The minimum atomic E-state index is -0.784. The number of benzene rings is 2. The Morgan fingerprint density at radius 2 is 1.90 bits per heavy atom. The lowest BCUT2D eigenvalue weighted by Crippen LogP contribution is -2.02. The van der Waals surface area contributed by atoms with Gasteiger partial charge in [0.15, 0.2) is 0 Å². The standard InChI is InChI=1S/C16H11BrClNO/c17-10-6-7-14(18)13(9-10)16(20)12-3-1-5-15-11(12)4-2-8-19-15/h1-9,16,20H. The number of hydrogen-bond acceptors (Lipinski definition) is 2. The van der Waals surface area contributed by atoms with Gasteiger partial charge >= 0.3 is 0 Å². The summed E-state index contributed by atoms with van der Waals surface area (Å²) in [5.74, 6) is 0. The molecule has 1 N–H and O–H groups in total. The van der Waals surface area contributed by atoms with Crippen molar-refractivity contribution in [1.82, 2.24) is 4.98 Å². The van der Waals surface area contributed by atoms with Gasteiger partial charge in [0.2, 0.25) is 0 Å². The Hall–Kier alpha value is -1.42. The van der Waals surface area contributed by atoms with Crippen LogP contribution in [0.15, 0.2) is 59.2 Å². The molecule has 0 aliphatic heterocycles. The fourth-order valence-electron chi connectivity index (χ4n) is 2.26. The van der Waals surface area contributed by atoms with E-state index in [0.29, 0.717) is 10.6 Å². The van der Waals surface area contributed by atoms with Gasteiger partial charge in [-0.05, 0) is 35.9 Å². The van der Waals surface area contributed by atoms with Gasteiger partial charge in [-0.15, -0.1) is 0 Å². The molecule has 20 heavy (non-hydrogen) atoms. The first-order valence-electron chi connectivity index (χ1n) is 6.13. The van der Waals surface area contributed by atoms with Gasteiger partial charge in [-0.1, -0.05) is 45.7 Å². The molecule has 0 aliphatic carbocycles. The molecule has 1 aromatic heterocycles. The van der Waals surface area contributed by atoms with Gasteiger partial charge in [-0.2, -0.15) is 0 Å². The van der Waals surface area contributed by atoms with Crippen molar-refractivity contribution >= 4 is 38.4 Å². The van der Waals surface area contributed by atoms with Crippen LogP contribution in [0.1, 0.15) is 17.2 Å². The Labute approximate surface area is 130 Å². The van der Waals surface area contributed by atoms with Crippen molar-refractivity contribution in [2.24, 2.45) is 0 Å². The highest BCUT2D eigenvalue weighted by Gasteiger charge is 2.16. The Kier molecular flexibility index (Phi) is 3.74. The summed E-state index contributed by atoms with van der Waals surface area (Å²) in [4.78, 5) is 4.30. The maximum absolute atomic E-state index is 10.7. The molecular weight excluding hydrogens is 338 g/mol. The normalized spacial score (nSPS) is 12.6. The number of rotatable bonds is 2. The van der Waals surface area contributed by atoms with Crippen LogP contribution in [0, 0.1) is 0 Å². The minimum Gasteiger partial charge on any atom is -0.384 e. The highest BCUT2D eigenvalue weighted by Crippen LogP contribution is 2.33. The molecule has 100 valence electrons. The zero-order valence-electron chi connectivity index (χ0n) is 10.4. The molecule has 3 aromatic rings. The third-order valence-electron chi connectivity index (χ3n) is 3.23. The summed E-state index contributed by atoms with van der Waals surface area (Å²) >= 11 is 9.60. The molecule has 4 heteroatoms. The lowest BCUT2D eigenvalue weighted by Gasteiger charge is -2.15. The number of fused-ring (bicyclic) bond motifs is 1. The molecule has 2 aromatic carbocycles. The second kappa shape index (κ2) is 5.52. The highest BCUT2D eigenvalue weighted by atomic mass is 79.9. The van der Waals surface area contributed by atoms with Crippen LogP contribution in [0.5, 0.6) is 0 Å². The molecule has 1 atom stereocenters. The second-order valence-corrected chi connectivity index (χ2v) is 5.81. The predicted octanol–water partition coefficient (Wildman–Crippen LogP) is 4.73. The van der Waals surface area contributed by atoms with Crippen molar-refractivity contribution in [2.75, 3.05) is 0 Å². The largest absolute Gasteiger partial charge is 0.384 e. The fraction of sp³-hybridized carbons (Fsp3) is 0.0625. The van der Waals surface area contributed by atoms with E-state index in [1.54, 1.807) is 12.3 Å². The van der Waals surface area contributed by atoms with Crippen molar-refractivity contribution in [2.45, 2.75) is 6.10 Å². The average molecular weight is 349 g/mol. The maximum Gasteiger partial charge on any atom is 0.106 e. The van der Waals surface area contributed by atoms with Crippen molar-refractivity contribution in [3.05, 3.63) is 75.4 Å². The number of hydrogen-bond donors (Lipinski definition) is 1. The van der Waals surface area contributed by atoms with Crippen LogP contribution in [0.4, 0.5) is 0 Å². The smallest absolute Gasteiger partial charge is 0.106 e. The molecular formula is C16H11BrClNO. The van der Waals surface area contributed by atoms with Crippen molar-refractivity contribution in [1.29, 1.82) is 0 Å². The molecule has 1 heterocycles. The van der Waals surface area contributed by atoms with Gasteiger partial charge in [0, 0.05) is 26.6 Å². The predicted molar refractivity (Wildman–Crippen MR) is 85.0 cm³/mol. The molecule has 0 saturated heterocycles. The number of aliphatic hydroxyl groups is 1. The van der Waals surface area contributed by atoms with Crippen LogP contribution in [0.2, 0.25) is 5.02 Å². The van der Waals surface area contributed by atoms with E-state index in [9.17, 15) is 5.11 Å². The number of nitrogens with zero attached hydrogens (tertiary/aromatic N) is 1. The van der Waals surface area contributed by atoms with Crippen LogP contribution in [-0.4, -0.2) is 10.1 Å². The summed E-state index contributed by atoms with van der Waals surface area (Å²) in [7, 11) is 0. The molecule has 3 rings (SSSR count). The van der Waals surface area contributed by atoms with Crippen molar-refractivity contribution in [3.63, 3.8) is 0 Å². The van der Waals surface area contributed by atoms with E-state index in [-0.39, 0.29) is 0 Å². The van der Waals surface area contributed by atoms with Gasteiger partial charge in [-0.3, -0.25) is 4.98 Å². The average Bonchev–Trinajstić information content (AvgIpc) is 2.48. The molecule has 0 aliphatic rings. The first-order chi connectivity index (χ1) is 9.66. The molecule has 0 spiro atoms. The van der Waals surface area contributed by atoms with Crippen LogP contribution in [0.3, 0.4) is 0 Å². The fourth-order valence-corrected chi connectivity index (χ4v) is 2.86. The van der Waals surface area contributed by atoms with Gasteiger partial charge in [0.05, 0.1) is 5.52 Å². The quantitative estimate of drug-likeness (QED) is 0.726. The van der Waals surface area contributed by atoms with Crippen LogP contribution >= 0.6 is 27.5 Å². The van der Waals surface area contributed by atoms with Crippen LogP contribution < -0.4 is 0 Å². The number of aliphatic hydroxyl groups excluding tert-OH is 1. The lowest BCUT2D eigenvalue weighted by atomic mass is 9.97. The SMILES string of the molecule is OC(c1cc(Br)ccc1Cl)c1cccc2ncccc12. The van der Waals surface area contributed by atoms with Gasteiger partial charge < -0.3 is 5.11 Å². The first-order valence-corrected chi connectivity index (χ1v) is 7.30. The number of aromatic nitrogens is 1. The zero-order chi connectivity index (χ0) is 14.1. The third-order valence-corrected chi connectivity index (χ3v) is 4.06. The Bertz CT molecular complexity index is 770. The highest BCUT2D eigenvalue weighted by molar-refractivity contribution is 9.10. The molecule has 1 unspecified atom stereocenters. The Balaban J connectivity index is 2.17. The minimum absolute atomic E-state index is 0.543. The van der Waals surface area contributed by atoms with Crippen LogP contribution in [0.25, 0.3) is 10.9 Å². The van der Waals surface area contributed by atoms with E-state index in [0.717, 1.165) is 20.9 Å². The summed E-state index contributed by atoms with van der Waals surface area (Å²) in [5, 5.41) is 12.1. The van der Waals surface area contributed by atoms with E-state index in [1.165, 1.54) is 0 Å². The molecule has 0 saturated carbocycles. The summed E-state index contributed by atoms with van der Waals surface area (Å²) in [6, 6.07) is 15.0. The van der Waals surface area contributed by atoms with E-state index < -0.39 is 6.10 Å². The molecule has 0 bridgehead atoms. The third kappa shape index (κ3) is 2.44. The number of halogens is 2. The van der Waals surface area contributed by atoms with Crippen molar-refractivity contribution < 1.29 is 5.11 Å². The Morgan fingerprint density at radius 1 is 1.05 bits per heavy atom. The first kappa shape index (κ1) is 13.6. The molecule has 0 radical (unpaired) electrons.